The molecule has 0 saturated carbocycles. The third-order valence-corrected chi connectivity index (χ3v) is 2.66. The number of anilines is 1. The van der Waals surface area contributed by atoms with Gasteiger partial charge >= 0.3 is 0 Å². The third-order valence-electron chi connectivity index (χ3n) is 2.21. The van der Waals surface area contributed by atoms with Crippen molar-refractivity contribution in [3.05, 3.63) is 16.4 Å². The fraction of sp³-hybridized carbons (Fsp3) is 0.600. The highest BCUT2D eigenvalue weighted by molar-refractivity contribution is 6.33. The van der Waals surface area contributed by atoms with Gasteiger partial charge in [-0.1, -0.05) is 43.0 Å². The number of nitrogens with zero attached hydrogens (tertiary/aromatic N) is 3. The van der Waals surface area contributed by atoms with Crippen molar-refractivity contribution in [1.29, 1.82) is 0 Å². The highest BCUT2D eigenvalue weighted by atomic mass is 35.5. The SMILES string of the molecule is CCCCCN(C)c1cc(Cl)nnc1Cl. The maximum Gasteiger partial charge on any atom is 0.175 e. The van der Waals surface area contributed by atoms with Gasteiger partial charge in [-0.05, 0) is 6.42 Å². The predicted octanol–water partition coefficient (Wildman–Crippen LogP) is 3.41. The predicted molar refractivity (Wildman–Crippen MR) is 64.8 cm³/mol. The summed E-state index contributed by atoms with van der Waals surface area (Å²) < 4.78 is 0. The van der Waals surface area contributed by atoms with Gasteiger partial charge in [-0.2, -0.15) is 0 Å². The number of aromatic nitrogens is 2. The quantitative estimate of drug-likeness (QED) is 0.747. The van der Waals surface area contributed by atoms with Crippen LogP contribution in [0.3, 0.4) is 0 Å². The molecule has 0 N–H and O–H groups in total. The van der Waals surface area contributed by atoms with E-state index in [0.717, 1.165) is 18.7 Å². The average molecular weight is 248 g/mol. The fourth-order valence-electron chi connectivity index (χ4n) is 1.33. The number of hydrogen-bond acceptors (Lipinski definition) is 3. The molecule has 0 aliphatic carbocycles. The largest absolute Gasteiger partial charge is 0.372 e. The van der Waals surface area contributed by atoms with Gasteiger partial charge in [0.15, 0.2) is 10.3 Å². The molecular weight excluding hydrogens is 233 g/mol. The Hall–Kier alpha value is -0.540. The van der Waals surface area contributed by atoms with Crippen molar-refractivity contribution in [1.82, 2.24) is 10.2 Å². The van der Waals surface area contributed by atoms with E-state index in [1.54, 1.807) is 6.07 Å². The van der Waals surface area contributed by atoms with Gasteiger partial charge in [0.25, 0.3) is 0 Å². The molecule has 3 nitrogen and oxygen atoms in total. The van der Waals surface area contributed by atoms with Gasteiger partial charge in [0.1, 0.15) is 0 Å². The first-order chi connectivity index (χ1) is 7.15. The molecule has 0 aliphatic rings. The maximum atomic E-state index is 5.93. The molecule has 1 aromatic rings. The molecule has 5 heteroatoms. The van der Waals surface area contributed by atoms with Gasteiger partial charge in [0.05, 0.1) is 5.69 Å². The van der Waals surface area contributed by atoms with Crippen molar-refractivity contribution in [3.63, 3.8) is 0 Å². The number of hydrogen-bond donors (Lipinski definition) is 0. The Labute approximate surface area is 100 Å². The summed E-state index contributed by atoms with van der Waals surface area (Å²) in [6, 6.07) is 1.74. The maximum absolute atomic E-state index is 5.93. The summed E-state index contributed by atoms with van der Waals surface area (Å²) in [5.41, 5.74) is 0.841. The van der Waals surface area contributed by atoms with Crippen LogP contribution in [0.4, 0.5) is 5.69 Å². The van der Waals surface area contributed by atoms with Gasteiger partial charge in [-0.15, -0.1) is 10.2 Å². The second-order valence-electron chi connectivity index (χ2n) is 3.47. The van der Waals surface area contributed by atoms with E-state index in [-0.39, 0.29) is 0 Å². The first-order valence-electron chi connectivity index (χ1n) is 5.05. The molecule has 1 rings (SSSR count). The van der Waals surface area contributed by atoms with Crippen LogP contribution in [-0.2, 0) is 0 Å². The molecule has 1 heterocycles. The molecule has 0 aliphatic heterocycles. The summed E-state index contributed by atoms with van der Waals surface area (Å²) in [7, 11) is 1.98. The van der Waals surface area contributed by atoms with E-state index >= 15 is 0 Å². The van der Waals surface area contributed by atoms with Gasteiger partial charge in [-0.3, -0.25) is 0 Å². The summed E-state index contributed by atoms with van der Waals surface area (Å²) in [5.74, 6) is 0. The summed E-state index contributed by atoms with van der Waals surface area (Å²) in [6.07, 6.45) is 3.56. The summed E-state index contributed by atoms with van der Waals surface area (Å²) in [5, 5.41) is 8.22. The van der Waals surface area contributed by atoms with E-state index in [2.05, 4.69) is 22.0 Å². The molecule has 0 fully saturated rings. The lowest BCUT2D eigenvalue weighted by Gasteiger charge is -2.19. The minimum absolute atomic E-state index is 0.372. The first kappa shape index (κ1) is 12.5. The molecule has 15 heavy (non-hydrogen) atoms. The second kappa shape index (κ2) is 6.13. The van der Waals surface area contributed by atoms with E-state index in [1.165, 1.54) is 12.8 Å². The van der Waals surface area contributed by atoms with Crippen LogP contribution in [0.25, 0.3) is 0 Å². The molecule has 84 valence electrons. The Kier molecular flexibility index (Phi) is 5.12. The van der Waals surface area contributed by atoms with Crippen molar-refractivity contribution >= 4 is 28.9 Å². The lowest BCUT2D eigenvalue weighted by molar-refractivity contribution is 0.704. The van der Waals surface area contributed by atoms with Gasteiger partial charge in [-0.25, -0.2) is 0 Å². The van der Waals surface area contributed by atoms with Gasteiger partial charge in [0, 0.05) is 19.7 Å². The number of unbranched alkanes of at least 4 members (excludes halogenated alkanes) is 2. The van der Waals surface area contributed by atoms with E-state index in [1.807, 2.05) is 7.05 Å². The van der Waals surface area contributed by atoms with Crippen molar-refractivity contribution in [2.24, 2.45) is 0 Å². The van der Waals surface area contributed by atoms with Crippen LogP contribution < -0.4 is 4.90 Å². The Balaban J connectivity index is 2.64. The zero-order valence-electron chi connectivity index (χ0n) is 9.00. The van der Waals surface area contributed by atoms with Crippen LogP contribution in [0, 0.1) is 0 Å². The molecule has 0 aromatic carbocycles. The summed E-state index contributed by atoms with van der Waals surface area (Å²) in [6.45, 7) is 3.13. The van der Waals surface area contributed by atoms with Gasteiger partial charge < -0.3 is 4.90 Å². The van der Waals surface area contributed by atoms with E-state index in [9.17, 15) is 0 Å². The Bertz CT molecular complexity index is 318. The minimum Gasteiger partial charge on any atom is -0.372 e. The van der Waals surface area contributed by atoms with Crippen molar-refractivity contribution < 1.29 is 0 Å². The average Bonchev–Trinajstić information content (AvgIpc) is 2.22. The minimum atomic E-state index is 0.372. The molecule has 1 aromatic heterocycles. The molecule has 0 saturated heterocycles. The monoisotopic (exact) mass is 247 g/mol. The molecule has 0 atom stereocenters. The lowest BCUT2D eigenvalue weighted by atomic mass is 10.2. The van der Waals surface area contributed by atoms with Crippen LogP contribution in [-0.4, -0.2) is 23.8 Å². The lowest BCUT2D eigenvalue weighted by Crippen LogP contribution is -2.19. The Morgan fingerprint density at radius 3 is 2.67 bits per heavy atom. The molecule has 0 bridgehead atoms. The molecular formula is C10H15Cl2N3. The van der Waals surface area contributed by atoms with Gasteiger partial charge in [0.2, 0.25) is 0 Å². The zero-order valence-corrected chi connectivity index (χ0v) is 10.5. The number of rotatable bonds is 5. The van der Waals surface area contributed by atoms with Crippen LogP contribution in [0.15, 0.2) is 6.07 Å². The Morgan fingerprint density at radius 1 is 1.27 bits per heavy atom. The smallest absolute Gasteiger partial charge is 0.175 e. The Morgan fingerprint density at radius 2 is 2.00 bits per heavy atom. The second-order valence-corrected chi connectivity index (χ2v) is 4.22. The van der Waals surface area contributed by atoms with Crippen LogP contribution in [0.2, 0.25) is 10.3 Å². The molecule has 0 amide bonds. The first-order valence-corrected chi connectivity index (χ1v) is 5.80. The summed E-state index contributed by atoms with van der Waals surface area (Å²) in [4.78, 5) is 2.05. The summed E-state index contributed by atoms with van der Waals surface area (Å²) >= 11 is 11.7. The number of halogens is 2. The fourth-order valence-corrected chi connectivity index (χ4v) is 1.71. The van der Waals surface area contributed by atoms with Crippen LogP contribution in [0.5, 0.6) is 0 Å². The zero-order chi connectivity index (χ0) is 11.3. The van der Waals surface area contributed by atoms with Crippen LogP contribution in [0.1, 0.15) is 26.2 Å². The molecule has 0 radical (unpaired) electrons. The van der Waals surface area contributed by atoms with Crippen molar-refractivity contribution in [2.45, 2.75) is 26.2 Å². The normalized spacial score (nSPS) is 10.4. The standard InChI is InChI=1S/C10H15Cl2N3/c1-3-4-5-6-15(2)8-7-9(11)13-14-10(8)12/h7H,3-6H2,1-2H3. The van der Waals surface area contributed by atoms with E-state index < -0.39 is 0 Å². The van der Waals surface area contributed by atoms with Crippen molar-refractivity contribution in [3.8, 4) is 0 Å². The van der Waals surface area contributed by atoms with Crippen LogP contribution >= 0.6 is 23.2 Å². The van der Waals surface area contributed by atoms with E-state index in [4.69, 9.17) is 23.2 Å². The highest BCUT2D eigenvalue weighted by Crippen LogP contribution is 2.24. The highest BCUT2D eigenvalue weighted by Gasteiger charge is 2.08. The molecule has 0 spiro atoms. The van der Waals surface area contributed by atoms with E-state index in [0.29, 0.717) is 10.3 Å². The van der Waals surface area contributed by atoms with Crippen molar-refractivity contribution in [2.75, 3.05) is 18.5 Å². The molecule has 0 unspecified atom stereocenters. The topological polar surface area (TPSA) is 29.0 Å². The third kappa shape index (κ3) is 3.84.